The van der Waals surface area contributed by atoms with Crippen molar-refractivity contribution < 1.29 is 4.79 Å². The molecule has 0 aliphatic rings. The summed E-state index contributed by atoms with van der Waals surface area (Å²) >= 11 is 0. The molecule has 0 saturated carbocycles. The minimum absolute atomic E-state index is 0. The molecular formula is C2H8N2OS. The molecule has 0 bridgehead atoms. The Balaban J connectivity index is 0. The van der Waals surface area contributed by atoms with Crippen LogP contribution in [0.4, 0.5) is 4.79 Å². The van der Waals surface area contributed by atoms with Gasteiger partial charge < -0.3 is 11.1 Å². The van der Waals surface area contributed by atoms with Crippen LogP contribution in [0.15, 0.2) is 0 Å². The van der Waals surface area contributed by atoms with E-state index in [1.54, 1.807) is 0 Å². The lowest BCUT2D eigenvalue weighted by Gasteiger charge is -1.80. The number of hydrogen-bond acceptors (Lipinski definition) is 1. The highest BCUT2D eigenvalue weighted by atomic mass is 32.1. The van der Waals surface area contributed by atoms with Gasteiger partial charge in [-0.25, -0.2) is 4.79 Å². The maximum atomic E-state index is 9.48. The first-order chi connectivity index (χ1) is 2.27. The lowest BCUT2D eigenvalue weighted by atomic mass is 11.1. The highest BCUT2D eigenvalue weighted by Crippen LogP contribution is 1.38. The molecule has 2 amide bonds. The Morgan fingerprint density at radius 1 is 1.83 bits per heavy atom. The maximum Gasteiger partial charge on any atom is 0.311 e. The van der Waals surface area contributed by atoms with Crippen LogP contribution < -0.4 is 11.1 Å². The standard InChI is InChI=1S/C2H6N2O.H2S/c1-4-2(3)5;/h1H3,(H3,3,4,5);1H2. The summed E-state index contributed by atoms with van der Waals surface area (Å²) in [7, 11) is 1.47. The SMILES string of the molecule is CNC(N)=O.S. The molecule has 0 radical (unpaired) electrons. The number of urea groups is 1. The third kappa shape index (κ3) is 9.47. The van der Waals surface area contributed by atoms with Gasteiger partial charge in [-0.15, -0.1) is 0 Å². The van der Waals surface area contributed by atoms with Crippen LogP contribution in [-0.4, -0.2) is 13.1 Å². The van der Waals surface area contributed by atoms with Gasteiger partial charge in [-0.2, -0.15) is 13.5 Å². The van der Waals surface area contributed by atoms with E-state index in [-0.39, 0.29) is 13.5 Å². The highest BCUT2D eigenvalue weighted by molar-refractivity contribution is 7.59. The predicted molar refractivity (Wildman–Crippen MR) is 29.0 cm³/mol. The fraction of sp³-hybridized carbons (Fsp3) is 0.500. The maximum absolute atomic E-state index is 9.48. The molecule has 0 saturated heterocycles. The topological polar surface area (TPSA) is 55.1 Å². The molecule has 0 aromatic carbocycles. The Bertz CT molecular complexity index is 46.8. The van der Waals surface area contributed by atoms with Crippen molar-refractivity contribution >= 4 is 19.5 Å². The zero-order chi connectivity index (χ0) is 4.28. The van der Waals surface area contributed by atoms with Crippen LogP contribution in [0.3, 0.4) is 0 Å². The monoisotopic (exact) mass is 108 g/mol. The first-order valence-corrected chi connectivity index (χ1v) is 1.24. The van der Waals surface area contributed by atoms with Gasteiger partial charge in [-0.1, -0.05) is 0 Å². The molecule has 0 atom stereocenters. The third-order valence-corrected chi connectivity index (χ3v) is 0.246. The minimum Gasteiger partial charge on any atom is -0.352 e. The Hall–Kier alpha value is -0.380. The van der Waals surface area contributed by atoms with Crippen molar-refractivity contribution in [3.05, 3.63) is 0 Å². The summed E-state index contributed by atoms with van der Waals surface area (Å²) in [6, 6.07) is -0.495. The van der Waals surface area contributed by atoms with E-state index < -0.39 is 6.03 Å². The molecule has 3 N–H and O–H groups in total. The first-order valence-electron chi connectivity index (χ1n) is 1.24. The number of rotatable bonds is 0. The predicted octanol–water partition coefficient (Wildman–Crippen LogP) is -0.603. The van der Waals surface area contributed by atoms with Crippen molar-refractivity contribution in [3.63, 3.8) is 0 Å². The van der Waals surface area contributed by atoms with Crippen molar-refractivity contribution in [2.75, 3.05) is 7.05 Å². The summed E-state index contributed by atoms with van der Waals surface area (Å²) in [6.07, 6.45) is 0. The lowest BCUT2D eigenvalue weighted by molar-refractivity contribution is 0.251. The number of nitrogens with two attached hydrogens (primary N) is 1. The molecule has 0 aromatic heterocycles. The van der Waals surface area contributed by atoms with Gasteiger partial charge in [0.1, 0.15) is 0 Å². The van der Waals surface area contributed by atoms with Gasteiger partial charge in [0.05, 0.1) is 0 Å². The van der Waals surface area contributed by atoms with Crippen molar-refractivity contribution in [3.8, 4) is 0 Å². The van der Waals surface area contributed by atoms with Gasteiger partial charge in [-0.3, -0.25) is 0 Å². The van der Waals surface area contributed by atoms with Gasteiger partial charge in [-0.05, 0) is 0 Å². The Morgan fingerprint density at radius 3 is 2.00 bits per heavy atom. The first kappa shape index (κ1) is 9.15. The van der Waals surface area contributed by atoms with Crippen molar-refractivity contribution in [2.24, 2.45) is 5.73 Å². The molecule has 0 fully saturated rings. The number of hydrogen-bond donors (Lipinski definition) is 2. The van der Waals surface area contributed by atoms with E-state index in [2.05, 4.69) is 11.1 Å². The molecule has 0 aliphatic carbocycles. The zero-order valence-electron chi connectivity index (χ0n) is 3.49. The molecule has 0 aliphatic heterocycles. The minimum atomic E-state index is -0.495. The summed E-state index contributed by atoms with van der Waals surface area (Å²) in [5, 5.41) is 2.17. The summed E-state index contributed by atoms with van der Waals surface area (Å²) < 4.78 is 0. The number of carbonyl (C=O) groups is 1. The van der Waals surface area contributed by atoms with Crippen LogP contribution >= 0.6 is 13.5 Å². The van der Waals surface area contributed by atoms with Crippen LogP contribution in [0.2, 0.25) is 0 Å². The number of primary amides is 1. The van der Waals surface area contributed by atoms with E-state index in [0.29, 0.717) is 0 Å². The Morgan fingerprint density at radius 2 is 2.00 bits per heavy atom. The second kappa shape index (κ2) is 4.62. The van der Waals surface area contributed by atoms with Gasteiger partial charge in [0.2, 0.25) is 0 Å². The van der Waals surface area contributed by atoms with E-state index in [0.717, 1.165) is 0 Å². The van der Waals surface area contributed by atoms with E-state index in [1.807, 2.05) is 0 Å². The van der Waals surface area contributed by atoms with Gasteiger partial charge in [0.25, 0.3) is 0 Å². The smallest absolute Gasteiger partial charge is 0.311 e. The van der Waals surface area contributed by atoms with Crippen LogP contribution in [0.25, 0.3) is 0 Å². The van der Waals surface area contributed by atoms with Crippen LogP contribution in [0, 0.1) is 0 Å². The molecule has 4 heteroatoms. The molecular weight excluding hydrogens is 100 g/mol. The van der Waals surface area contributed by atoms with Gasteiger partial charge in [0, 0.05) is 7.05 Å². The van der Waals surface area contributed by atoms with Crippen molar-refractivity contribution in [1.29, 1.82) is 0 Å². The molecule has 6 heavy (non-hydrogen) atoms. The quantitative estimate of drug-likeness (QED) is 0.427. The number of carbonyl (C=O) groups excluding carboxylic acids is 1. The number of nitrogens with one attached hydrogen (secondary N) is 1. The number of amides is 2. The second-order valence-electron chi connectivity index (χ2n) is 0.614. The highest BCUT2D eigenvalue weighted by Gasteiger charge is 1.72. The molecule has 0 heterocycles. The molecule has 3 nitrogen and oxygen atoms in total. The zero-order valence-corrected chi connectivity index (χ0v) is 4.49. The molecule has 0 aromatic rings. The van der Waals surface area contributed by atoms with Gasteiger partial charge >= 0.3 is 6.03 Å². The van der Waals surface area contributed by atoms with Crippen LogP contribution in [-0.2, 0) is 0 Å². The van der Waals surface area contributed by atoms with Crippen molar-refractivity contribution in [1.82, 2.24) is 5.32 Å². The van der Waals surface area contributed by atoms with E-state index in [9.17, 15) is 4.79 Å². The Labute approximate surface area is 43.3 Å². The van der Waals surface area contributed by atoms with E-state index >= 15 is 0 Å². The lowest BCUT2D eigenvalue weighted by Crippen LogP contribution is -2.24. The fourth-order valence-corrected chi connectivity index (χ4v) is 0. The van der Waals surface area contributed by atoms with Crippen molar-refractivity contribution in [2.45, 2.75) is 0 Å². The third-order valence-electron chi connectivity index (χ3n) is 0.246. The molecule has 0 unspecified atom stereocenters. The molecule has 38 valence electrons. The summed E-state index contributed by atoms with van der Waals surface area (Å²) in [6.45, 7) is 0. The molecule has 0 rings (SSSR count). The van der Waals surface area contributed by atoms with Gasteiger partial charge in [0.15, 0.2) is 0 Å². The Kier molecular flexibility index (Phi) is 7.05. The second-order valence-corrected chi connectivity index (χ2v) is 0.614. The molecule has 0 spiro atoms. The fourth-order valence-electron chi connectivity index (χ4n) is 0. The van der Waals surface area contributed by atoms with E-state index in [1.165, 1.54) is 7.05 Å². The van der Waals surface area contributed by atoms with Crippen LogP contribution in [0.5, 0.6) is 0 Å². The average molecular weight is 108 g/mol. The summed E-state index contributed by atoms with van der Waals surface area (Å²) in [5.41, 5.74) is 4.54. The summed E-state index contributed by atoms with van der Waals surface area (Å²) in [5.74, 6) is 0. The van der Waals surface area contributed by atoms with E-state index in [4.69, 9.17) is 0 Å². The normalized spacial score (nSPS) is 5.50. The van der Waals surface area contributed by atoms with Crippen LogP contribution in [0.1, 0.15) is 0 Å². The summed E-state index contributed by atoms with van der Waals surface area (Å²) in [4.78, 5) is 9.48. The largest absolute Gasteiger partial charge is 0.352 e. The average Bonchev–Trinajstić information content (AvgIpc) is 1.38.